The summed E-state index contributed by atoms with van der Waals surface area (Å²) in [5, 5.41) is 7.66. The Kier molecular flexibility index (Phi) is 4.13. The highest BCUT2D eigenvalue weighted by Crippen LogP contribution is 2.15. The Morgan fingerprint density at radius 3 is 2.45 bits per heavy atom. The third-order valence-electron chi connectivity index (χ3n) is 3.04. The molecule has 5 nitrogen and oxygen atoms in total. The molecule has 0 aliphatic heterocycles. The summed E-state index contributed by atoms with van der Waals surface area (Å²) in [6, 6.07) is 8.81. The van der Waals surface area contributed by atoms with E-state index in [1.54, 1.807) is 24.3 Å². The normalized spacial score (nSPS) is 11.6. The van der Waals surface area contributed by atoms with Crippen LogP contribution in [0.5, 0.6) is 0 Å². The van der Waals surface area contributed by atoms with Crippen LogP contribution in [0.1, 0.15) is 18.3 Å². The van der Waals surface area contributed by atoms with Crippen molar-refractivity contribution >= 4 is 15.5 Å². The van der Waals surface area contributed by atoms with Crippen LogP contribution in [0.25, 0.3) is 0 Å². The second kappa shape index (κ2) is 5.66. The van der Waals surface area contributed by atoms with Crippen molar-refractivity contribution < 1.29 is 8.42 Å². The lowest BCUT2D eigenvalue weighted by atomic mass is 10.3. The maximum absolute atomic E-state index is 11.4. The first-order valence-corrected chi connectivity index (χ1v) is 8.36. The lowest BCUT2D eigenvalue weighted by Gasteiger charge is -2.08. The Morgan fingerprint density at radius 1 is 1.25 bits per heavy atom. The molecular formula is C14H19N3O2S. The number of benzene rings is 1. The molecule has 0 amide bonds. The molecule has 1 aromatic heterocycles. The maximum Gasteiger partial charge on any atom is 0.175 e. The third kappa shape index (κ3) is 3.39. The number of rotatable bonds is 5. The van der Waals surface area contributed by atoms with Gasteiger partial charge in [-0.2, -0.15) is 5.10 Å². The highest BCUT2D eigenvalue weighted by molar-refractivity contribution is 7.90. The minimum atomic E-state index is -3.14. The molecule has 0 saturated carbocycles. The van der Waals surface area contributed by atoms with Crippen LogP contribution in [0.3, 0.4) is 0 Å². The van der Waals surface area contributed by atoms with Gasteiger partial charge < -0.3 is 5.32 Å². The number of hydrogen-bond acceptors (Lipinski definition) is 4. The van der Waals surface area contributed by atoms with Crippen molar-refractivity contribution in [3.8, 4) is 0 Å². The molecule has 0 bridgehead atoms. The van der Waals surface area contributed by atoms with Crippen LogP contribution >= 0.6 is 0 Å². The van der Waals surface area contributed by atoms with Gasteiger partial charge in [0.15, 0.2) is 9.84 Å². The molecule has 0 fully saturated rings. The molecule has 1 N–H and O–H groups in total. The number of aromatic nitrogens is 2. The summed E-state index contributed by atoms with van der Waals surface area (Å²) < 4.78 is 24.7. The van der Waals surface area contributed by atoms with Crippen LogP contribution < -0.4 is 5.32 Å². The van der Waals surface area contributed by atoms with Gasteiger partial charge in [0.2, 0.25) is 0 Å². The van der Waals surface area contributed by atoms with Crippen molar-refractivity contribution in [3.63, 3.8) is 0 Å². The van der Waals surface area contributed by atoms with Gasteiger partial charge in [0.05, 0.1) is 22.8 Å². The fourth-order valence-electron chi connectivity index (χ4n) is 2.03. The molecule has 108 valence electrons. The van der Waals surface area contributed by atoms with Crippen LogP contribution in [0.2, 0.25) is 0 Å². The zero-order valence-corrected chi connectivity index (χ0v) is 12.7. The first-order valence-electron chi connectivity index (χ1n) is 6.47. The smallest absolute Gasteiger partial charge is 0.175 e. The molecule has 2 aromatic rings. The van der Waals surface area contributed by atoms with Gasteiger partial charge in [-0.3, -0.25) is 4.68 Å². The van der Waals surface area contributed by atoms with Gasteiger partial charge in [0.1, 0.15) is 0 Å². The monoisotopic (exact) mass is 293 g/mol. The Bertz CT molecular complexity index is 688. The molecule has 0 radical (unpaired) electrons. The van der Waals surface area contributed by atoms with E-state index < -0.39 is 9.84 Å². The second-order valence-corrected chi connectivity index (χ2v) is 6.76. The Morgan fingerprint density at radius 2 is 1.90 bits per heavy atom. The fourth-order valence-corrected chi connectivity index (χ4v) is 2.66. The van der Waals surface area contributed by atoms with Gasteiger partial charge in [-0.1, -0.05) is 0 Å². The van der Waals surface area contributed by atoms with Gasteiger partial charge in [-0.05, 0) is 44.2 Å². The molecule has 1 aromatic carbocycles. The summed E-state index contributed by atoms with van der Waals surface area (Å²) in [7, 11) is -3.14. The van der Waals surface area contributed by atoms with Gasteiger partial charge >= 0.3 is 0 Å². The molecular weight excluding hydrogens is 274 g/mol. The predicted octanol–water partition coefficient (Wildman–Crippen LogP) is 2.23. The van der Waals surface area contributed by atoms with Crippen LogP contribution in [0.15, 0.2) is 35.2 Å². The molecule has 0 spiro atoms. The molecule has 20 heavy (non-hydrogen) atoms. The molecule has 2 rings (SSSR count). The molecule has 0 atom stereocenters. The van der Waals surface area contributed by atoms with E-state index in [0.717, 1.165) is 23.6 Å². The number of aryl methyl sites for hydroxylation is 2. The van der Waals surface area contributed by atoms with Crippen molar-refractivity contribution in [2.24, 2.45) is 0 Å². The summed E-state index contributed by atoms with van der Waals surface area (Å²) in [5.41, 5.74) is 2.99. The van der Waals surface area contributed by atoms with E-state index in [4.69, 9.17) is 0 Å². The van der Waals surface area contributed by atoms with Gasteiger partial charge in [-0.15, -0.1) is 0 Å². The fraction of sp³-hybridized carbons (Fsp3) is 0.357. The van der Waals surface area contributed by atoms with Gasteiger partial charge in [0, 0.05) is 18.5 Å². The standard InChI is InChI=1S/C14H19N3O2S/c1-4-17-13(9-11(2)16-17)10-15-12-5-7-14(8-6-12)20(3,18)19/h5-9,15H,4,10H2,1-3H3. The third-order valence-corrected chi connectivity index (χ3v) is 4.17. The average molecular weight is 293 g/mol. The van der Waals surface area contributed by atoms with E-state index in [-0.39, 0.29) is 0 Å². The molecule has 0 aliphatic rings. The summed E-state index contributed by atoms with van der Waals surface area (Å²) in [6.45, 7) is 5.51. The number of hydrogen-bond donors (Lipinski definition) is 1. The Balaban J connectivity index is 2.07. The molecule has 1 heterocycles. The largest absolute Gasteiger partial charge is 0.379 e. The topological polar surface area (TPSA) is 64.0 Å². The van der Waals surface area contributed by atoms with Crippen LogP contribution in [-0.2, 0) is 22.9 Å². The van der Waals surface area contributed by atoms with E-state index in [1.165, 1.54) is 6.26 Å². The van der Waals surface area contributed by atoms with Crippen molar-refractivity contribution in [2.45, 2.75) is 31.8 Å². The summed E-state index contributed by atoms with van der Waals surface area (Å²) in [4.78, 5) is 0.331. The zero-order valence-electron chi connectivity index (χ0n) is 11.9. The van der Waals surface area contributed by atoms with Crippen molar-refractivity contribution in [1.29, 1.82) is 0 Å². The van der Waals surface area contributed by atoms with Crippen molar-refractivity contribution in [3.05, 3.63) is 41.7 Å². The minimum Gasteiger partial charge on any atom is -0.379 e. The lowest BCUT2D eigenvalue weighted by Crippen LogP contribution is -2.08. The molecule has 0 saturated heterocycles. The highest BCUT2D eigenvalue weighted by atomic mass is 32.2. The van der Waals surface area contributed by atoms with Crippen molar-refractivity contribution in [2.75, 3.05) is 11.6 Å². The van der Waals surface area contributed by atoms with E-state index in [9.17, 15) is 8.42 Å². The lowest BCUT2D eigenvalue weighted by molar-refractivity contribution is 0.602. The SMILES string of the molecule is CCn1nc(C)cc1CNc1ccc(S(C)(=O)=O)cc1. The summed E-state index contributed by atoms with van der Waals surface area (Å²) in [5.74, 6) is 0. The van der Waals surface area contributed by atoms with E-state index >= 15 is 0 Å². The average Bonchev–Trinajstić information content (AvgIpc) is 2.76. The minimum absolute atomic E-state index is 0.331. The quantitative estimate of drug-likeness (QED) is 0.918. The first-order chi connectivity index (χ1) is 9.40. The van der Waals surface area contributed by atoms with E-state index in [1.807, 2.05) is 17.7 Å². The Labute approximate surface area is 119 Å². The van der Waals surface area contributed by atoms with E-state index in [2.05, 4.69) is 17.3 Å². The van der Waals surface area contributed by atoms with Crippen LogP contribution in [-0.4, -0.2) is 24.5 Å². The Hall–Kier alpha value is -1.82. The second-order valence-electron chi connectivity index (χ2n) is 4.74. The summed E-state index contributed by atoms with van der Waals surface area (Å²) in [6.07, 6.45) is 1.21. The number of anilines is 1. The zero-order chi connectivity index (χ0) is 14.8. The highest BCUT2D eigenvalue weighted by Gasteiger charge is 2.07. The summed E-state index contributed by atoms with van der Waals surface area (Å²) >= 11 is 0. The molecule has 0 aliphatic carbocycles. The van der Waals surface area contributed by atoms with Gasteiger partial charge in [-0.25, -0.2) is 8.42 Å². The van der Waals surface area contributed by atoms with Crippen molar-refractivity contribution in [1.82, 2.24) is 9.78 Å². The molecule has 0 unspecified atom stereocenters. The van der Waals surface area contributed by atoms with Crippen LogP contribution in [0.4, 0.5) is 5.69 Å². The van der Waals surface area contributed by atoms with Gasteiger partial charge in [0.25, 0.3) is 0 Å². The number of sulfone groups is 1. The van der Waals surface area contributed by atoms with Crippen LogP contribution in [0, 0.1) is 6.92 Å². The number of nitrogens with zero attached hydrogens (tertiary/aromatic N) is 2. The van der Waals surface area contributed by atoms with E-state index in [0.29, 0.717) is 11.4 Å². The number of nitrogens with one attached hydrogen (secondary N) is 1. The first kappa shape index (κ1) is 14.6. The predicted molar refractivity (Wildman–Crippen MR) is 79.5 cm³/mol. The maximum atomic E-state index is 11.4. The molecule has 6 heteroatoms.